The second kappa shape index (κ2) is 6.24. The molecule has 0 heterocycles. The highest BCUT2D eigenvalue weighted by Gasteiger charge is 2.61. The van der Waals surface area contributed by atoms with Gasteiger partial charge < -0.3 is 9.16 Å². The standard InChI is InChI=1S/C19H34O4Si/c1-9-22-17(21)15-13(20)10-12-11-19(5,6)16(14(12)15)23-24(7,8)18(2,3)4/h12,14-16H,9-11H2,1-8H3/t12-,14+,15?,16+/m1/s1. The molecule has 5 heteroatoms. The summed E-state index contributed by atoms with van der Waals surface area (Å²) < 4.78 is 12.0. The molecule has 0 bridgehead atoms. The van der Waals surface area contributed by atoms with Gasteiger partial charge >= 0.3 is 5.97 Å². The maximum atomic E-state index is 12.5. The Balaban J connectivity index is 2.34. The lowest BCUT2D eigenvalue weighted by Crippen LogP contribution is -2.50. The minimum absolute atomic E-state index is 0.0176. The second-order valence-corrected chi connectivity index (χ2v) is 14.5. The molecule has 0 aromatic heterocycles. The van der Waals surface area contributed by atoms with Crippen molar-refractivity contribution in [3.63, 3.8) is 0 Å². The van der Waals surface area contributed by atoms with Crippen LogP contribution in [0.3, 0.4) is 0 Å². The van der Waals surface area contributed by atoms with Crippen molar-refractivity contribution in [2.24, 2.45) is 23.2 Å². The normalized spacial score (nSPS) is 32.8. The number of fused-ring (bicyclic) bond motifs is 1. The molecule has 138 valence electrons. The van der Waals surface area contributed by atoms with Crippen LogP contribution < -0.4 is 0 Å². The van der Waals surface area contributed by atoms with Crippen LogP contribution in [0.25, 0.3) is 0 Å². The van der Waals surface area contributed by atoms with Gasteiger partial charge in [0.2, 0.25) is 0 Å². The van der Waals surface area contributed by atoms with E-state index in [1.165, 1.54) is 0 Å². The summed E-state index contributed by atoms with van der Waals surface area (Å²) in [6.07, 6.45) is 1.39. The summed E-state index contributed by atoms with van der Waals surface area (Å²) in [6.45, 7) is 17.7. The van der Waals surface area contributed by atoms with Crippen LogP contribution in [-0.4, -0.2) is 32.8 Å². The third-order valence-corrected chi connectivity index (χ3v) is 10.9. The molecule has 2 saturated carbocycles. The van der Waals surface area contributed by atoms with E-state index >= 15 is 0 Å². The molecule has 0 aromatic carbocycles. The van der Waals surface area contributed by atoms with Gasteiger partial charge in [0.1, 0.15) is 11.7 Å². The van der Waals surface area contributed by atoms with E-state index in [0.717, 1.165) is 6.42 Å². The van der Waals surface area contributed by atoms with E-state index in [4.69, 9.17) is 9.16 Å². The Hall–Kier alpha value is -0.683. The zero-order valence-corrected chi connectivity index (χ0v) is 17.6. The smallest absolute Gasteiger partial charge is 0.316 e. The fraction of sp³-hybridized carbons (Fsp3) is 0.895. The summed E-state index contributed by atoms with van der Waals surface area (Å²) in [4.78, 5) is 24.9. The first kappa shape index (κ1) is 19.6. The first-order valence-corrected chi connectivity index (χ1v) is 12.1. The van der Waals surface area contributed by atoms with Crippen LogP contribution >= 0.6 is 0 Å². The molecule has 0 spiro atoms. The molecule has 0 saturated heterocycles. The van der Waals surface area contributed by atoms with Gasteiger partial charge in [-0.15, -0.1) is 0 Å². The van der Waals surface area contributed by atoms with E-state index in [-0.39, 0.29) is 40.1 Å². The summed E-state index contributed by atoms with van der Waals surface area (Å²) in [5.74, 6) is -0.719. The van der Waals surface area contributed by atoms with E-state index in [1.54, 1.807) is 6.92 Å². The highest BCUT2D eigenvalue weighted by atomic mass is 28.4. The summed E-state index contributed by atoms with van der Waals surface area (Å²) in [5.41, 5.74) is -0.0176. The summed E-state index contributed by atoms with van der Waals surface area (Å²) in [6, 6.07) is 0. The van der Waals surface area contributed by atoms with Crippen molar-refractivity contribution in [3.05, 3.63) is 0 Å². The van der Waals surface area contributed by atoms with Crippen molar-refractivity contribution in [1.29, 1.82) is 0 Å². The van der Waals surface area contributed by atoms with Gasteiger partial charge in [0.15, 0.2) is 8.32 Å². The number of Topliss-reactive ketones (excluding diaryl/α,β-unsaturated/α-hetero) is 1. The van der Waals surface area contributed by atoms with E-state index in [0.29, 0.717) is 13.0 Å². The number of ether oxygens (including phenoxy) is 1. The largest absolute Gasteiger partial charge is 0.465 e. The summed E-state index contributed by atoms with van der Waals surface area (Å²) >= 11 is 0. The van der Waals surface area contributed by atoms with E-state index < -0.39 is 14.2 Å². The lowest BCUT2D eigenvalue weighted by molar-refractivity contribution is -0.153. The van der Waals surface area contributed by atoms with Crippen LogP contribution in [0.15, 0.2) is 0 Å². The lowest BCUT2D eigenvalue weighted by atomic mass is 9.82. The topological polar surface area (TPSA) is 52.6 Å². The van der Waals surface area contributed by atoms with Gasteiger partial charge in [-0.05, 0) is 42.8 Å². The van der Waals surface area contributed by atoms with Crippen LogP contribution in [0.1, 0.15) is 54.4 Å². The fourth-order valence-electron chi connectivity index (χ4n) is 4.20. The molecule has 0 radical (unpaired) electrons. The van der Waals surface area contributed by atoms with Crippen molar-refractivity contribution in [2.45, 2.75) is 78.6 Å². The Morgan fingerprint density at radius 3 is 2.38 bits per heavy atom. The van der Waals surface area contributed by atoms with Crippen LogP contribution in [0, 0.1) is 23.2 Å². The van der Waals surface area contributed by atoms with Gasteiger partial charge in [-0.2, -0.15) is 0 Å². The third-order valence-electron chi connectivity index (χ3n) is 6.42. The molecule has 2 aliphatic rings. The fourth-order valence-corrected chi connectivity index (χ4v) is 5.67. The highest BCUT2D eigenvalue weighted by molar-refractivity contribution is 6.74. The highest BCUT2D eigenvalue weighted by Crippen LogP contribution is 2.57. The van der Waals surface area contributed by atoms with Gasteiger partial charge in [-0.25, -0.2) is 0 Å². The Morgan fingerprint density at radius 1 is 1.29 bits per heavy atom. The molecule has 4 nitrogen and oxygen atoms in total. The number of hydrogen-bond acceptors (Lipinski definition) is 4. The Kier molecular flexibility index (Phi) is 5.11. The van der Waals surface area contributed by atoms with Crippen LogP contribution in [0.4, 0.5) is 0 Å². The quantitative estimate of drug-likeness (QED) is 0.431. The summed E-state index contributed by atoms with van der Waals surface area (Å²) in [5, 5.41) is 0.100. The van der Waals surface area contributed by atoms with Gasteiger partial charge in [0.05, 0.1) is 12.7 Å². The average Bonchev–Trinajstić information content (AvgIpc) is 2.80. The number of hydrogen-bond donors (Lipinski definition) is 0. The third kappa shape index (κ3) is 3.34. The summed E-state index contributed by atoms with van der Waals surface area (Å²) in [7, 11) is -1.99. The van der Waals surface area contributed by atoms with Crippen molar-refractivity contribution >= 4 is 20.1 Å². The molecule has 0 N–H and O–H groups in total. The van der Waals surface area contributed by atoms with Crippen molar-refractivity contribution in [1.82, 2.24) is 0 Å². The molecule has 2 aliphatic carbocycles. The van der Waals surface area contributed by atoms with Gasteiger partial charge in [-0.1, -0.05) is 34.6 Å². The zero-order valence-electron chi connectivity index (χ0n) is 16.6. The van der Waals surface area contributed by atoms with Crippen LogP contribution in [-0.2, 0) is 18.8 Å². The van der Waals surface area contributed by atoms with Gasteiger partial charge in [-0.3, -0.25) is 9.59 Å². The predicted octanol–water partition coefficient (Wildman–Crippen LogP) is 4.19. The van der Waals surface area contributed by atoms with E-state index in [2.05, 4.69) is 47.7 Å². The number of ketones is 1. The molecular formula is C19H34O4Si. The lowest BCUT2D eigenvalue weighted by Gasteiger charge is -2.44. The maximum Gasteiger partial charge on any atom is 0.316 e. The van der Waals surface area contributed by atoms with Gasteiger partial charge in [0.25, 0.3) is 0 Å². The predicted molar refractivity (Wildman–Crippen MR) is 97.2 cm³/mol. The SMILES string of the molecule is CCOC(=O)C1C(=O)C[C@@H]2CC(C)(C)[C@@H](O[Si](C)(C)C(C)(C)C)[C@H]12. The molecule has 1 unspecified atom stereocenters. The van der Waals surface area contributed by atoms with Crippen molar-refractivity contribution < 1.29 is 18.8 Å². The Bertz CT molecular complexity index is 518. The number of esters is 1. The minimum Gasteiger partial charge on any atom is -0.465 e. The first-order chi connectivity index (χ1) is 10.8. The second-order valence-electron chi connectivity index (χ2n) is 9.73. The molecule has 2 rings (SSSR count). The Morgan fingerprint density at radius 2 is 1.88 bits per heavy atom. The van der Waals surface area contributed by atoms with Crippen LogP contribution in [0.5, 0.6) is 0 Å². The monoisotopic (exact) mass is 354 g/mol. The van der Waals surface area contributed by atoms with Crippen molar-refractivity contribution in [2.75, 3.05) is 6.61 Å². The number of carbonyl (C=O) groups is 2. The molecule has 0 aromatic rings. The zero-order chi connectivity index (χ0) is 18.5. The Labute approximate surface area is 147 Å². The molecule has 2 fully saturated rings. The molecule has 24 heavy (non-hydrogen) atoms. The molecule has 4 atom stereocenters. The molecular weight excluding hydrogens is 320 g/mol. The maximum absolute atomic E-state index is 12.5. The number of rotatable bonds is 4. The van der Waals surface area contributed by atoms with E-state index in [9.17, 15) is 9.59 Å². The van der Waals surface area contributed by atoms with Crippen molar-refractivity contribution in [3.8, 4) is 0 Å². The molecule has 0 amide bonds. The van der Waals surface area contributed by atoms with E-state index in [1.807, 2.05) is 0 Å². The van der Waals surface area contributed by atoms with Crippen LogP contribution in [0.2, 0.25) is 18.1 Å². The number of carbonyl (C=O) groups excluding carboxylic acids is 2. The average molecular weight is 355 g/mol. The van der Waals surface area contributed by atoms with Gasteiger partial charge in [0, 0.05) is 12.3 Å². The first-order valence-electron chi connectivity index (χ1n) is 9.19. The molecule has 0 aliphatic heterocycles. The minimum atomic E-state index is -1.99.